The van der Waals surface area contributed by atoms with E-state index in [0.29, 0.717) is 34.3 Å². The van der Waals surface area contributed by atoms with Crippen molar-refractivity contribution in [3.63, 3.8) is 0 Å². The Morgan fingerprint density at radius 3 is 2.74 bits per heavy atom. The highest BCUT2D eigenvalue weighted by atomic mass is 32.1. The SMILES string of the molecule is O=C(Nc1ccc2c(c1)OCO2)c1nnc([C@@H]2CCCN2C(=O)c2ccc(F)cc2)s1. The Hall–Kier alpha value is -3.53. The Bertz CT molecular complexity index is 1150. The topological polar surface area (TPSA) is 93.7 Å². The van der Waals surface area contributed by atoms with E-state index in [1.54, 1.807) is 23.1 Å². The van der Waals surface area contributed by atoms with E-state index in [4.69, 9.17) is 9.47 Å². The summed E-state index contributed by atoms with van der Waals surface area (Å²) in [6.07, 6.45) is 1.54. The molecule has 0 radical (unpaired) electrons. The molecule has 0 saturated carbocycles. The molecule has 10 heteroatoms. The van der Waals surface area contributed by atoms with Crippen LogP contribution in [0.25, 0.3) is 0 Å². The van der Waals surface area contributed by atoms with Gasteiger partial charge in [0.1, 0.15) is 10.8 Å². The number of benzene rings is 2. The lowest BCUT2D eigenvalue weighted by atomic mass is 10.1. The first-order valence-electron chi connectivity index (χ1n) is 9.69. The molecule has 0 aliphatic carbocycles. The van der Waals surface area contributed by atoms with Gasteiger partial charge in [-0.1, -0.05) is 11.3 Å². The van der Waals surface area contributed by atoms with E-state index in [-0.39, 0.29) is 23.7 Å². The molecule has 31 heavy (non-hydrogen) atoms. The monoisotopic (exact) mass is 440 g/mol. The Morgan fingerprint density at radius 2 is 1.90 bits per heavy atom. The molecule has 1 saturated heterocycles. The van der Waals surface area contributed by atoms with Crippen molar-refractivity contribution < 1.29 is 23.5 Å². The summed E-state index contributed by atoms with van der Waals surface area (Å²) in [5.74, 6) is 0.220. The predicted octanol–water partition coefficient (Wildman–Crippen LogP) is 3.64. The highest BCUT2D eigenvalue weighted by Crippen LogP contribution is 2.36. The van der Waals surface area contributed by atoms with Crippen LogP contribution in [0.1, 0.15) is 44.1 Å². The zero-order valence-electron chi connectivity index (χ0n) is 16.2. The van der Waals surface area contributed by atoms with Crippen LogP contribution in [0.15, 0.2) is 42.5 Å². The number of nitrogens with one attached hydrogen (secondary N) is 1. The third kappa shape index (κ3) is 3.81. The van der Waals surface area contributed by atoms with Crippen LogP contribution in [0.5, 0.6) is 11.5 Å². The molecule has 0 bridgehead atoms. The average Bonchev–Trinajstić information content (AvgIpc) is 3.53. The first-order chi connectivity index (χ1) is 15.1. The summed E-state index contributed by atoms with van der Waals surface area (Å²) >= 11 is 1.16. The molecule has 2 amide bonds. The summed E-state index contributed by atoms with van der Waals surface area (Å²) in [6.45, 7) is 0.722. The van der Waals surface area contributed by atoms with Crippen molar-refractivity contribution in [1.82, 2.24) is 15.1 Å². The minimum absolute atomic E-state index is 0.154. The van der Waals surface area contributed by atoms with Crippen LogP contribution < -0.4 is 14.8 Å². The van der Waals surface area contributed by atoms with Gasteiger partial charge in [0.2, 0.25) is 11.8 Å². The van der Waals surface area contributed by atoms with E-state index in [1.165, 1.54) is 24.3 Å². The van der Waals surface area contributed by atoms with Gasteiger partial charge in [0.15, 0.2) is 11.5 Å². The molecule has 0 spiro atoms. The zero-order valence-corrected chi connectivity index (χ0v) is 17.0. The van der Waals surface area contributed by atoms with Crippen molar-refractivity contribution >= 4 is 28.8 Å². The van der Waals surface area contributed by atoms with Crippen molar-refractivity contribution in [3.05, 3.63) is 63.9 Å². The fraction of sp³-hybridized carbons (Fsp3) is 0.238. The summed E-state index contributed by atoms with van der Waals surface area (Å²) < 4.78 is 23.8. The fourth-order valence-electron chi connectivity index (χ4n) is 3.64. The maximum Gasteiger partial charge on any atom is 0.286 e. The van der Waals surface area contributed by atoms with Gasteiger partial charge in [0.05, 0.1) is 6.04 Å². The van der Waals surface area contributed by atoms with Gasteiger partial charge < -0.3 is 19.7 Å². The Morgan fingerprint density at radius 1 is 1.10 bits per heavy atom. The second kappa shape index (κ2) is 7.95. The van der Waals surface area contributed by atoms with Gasteiger partial charge in [-0.15, -0.1) is 10.2 Å². The summed E-state index contributed by atoms with van der Waals surface area (Å²) in [4.78, 5) is 27.2. The van der Waals surface area contributed by atoms with Crippen molar-refractivity contribution in [2.75, 3.05) is 18.7 Å². The fourth-order valence-corrected chi connectivity index (χ4v) is 4.53. The van der Waals surface area contributed by atoms with Crippen molar-refractivity contribution in [2.45, 2.75) is 18.9 Å². The highest BCUT2D eigenvalue weighted by molar-refractivity contribution is 7.13. The molecular weight excluding hydrogens is 423 g/mol. The van der Waals surface area contributed by atoms with Gasteiger partial charge in [0, 0.05) is 23.9 Å². The molecule has 2 aromatic carbocycles. The van der Waals surface area contributed by atoms with Gasteiger partial charge in [-0.05, 0) is 49.2 Å². The highest BCUT2D eigenvalue weighted by Gasteiger charge is 2.33. The first-order valence-corrected chi connectivity index (χ1v) is 10.5. The minimum Gasteiger partial charge on any atom is -0.454 e. The molecule has 1 N–H and O–H groups in total. The van der Waals surface area contributed by atoms with Gasteiger partial charge in [-0.2, -0.15) is 0 Å². The van der Waals surface area contributed by atoms with Crippen LogP contribution in [-0.4, -0.2) is 40.2 Å². The number of carbonyl (C=O) groups excluding carboxylic acids is 2. The van der Waals surface area contributed by atoms with Crippen LogP contribution in [0, 0.1) is 5.82 Å². The summed E-state index contributed by atoms with van der Waals surface area (Å²) in [6, 6.07) is 10.3. The van der Waals surface area contributed by atoms with Gasteiger partial charge in [-0.25, -0.2) is 4.39 Å². The maximum absolute atomic E-state index is 13.2. The smallest absolute Gasteiger partial charge is 0.286 e. The lowest BCUT2D eigenvalue weighted by Gasteiger charge is -2.22. The zero-order chi connectivity index (χ0) is 21.4. The van der Waals surface area contributed by atoms with Crippen molar-refractivity contribution in [1.29, 1.82) is 0 Å². The van der Waals surface area contributed by atoms with Crippen LogP contribution in [0.4, 0.5) is 10.1 Å². The quantitative estimate of drug-likeness (QED) is 0.666. The van der Waals surface area contributed by atoms with Crippen molar-refractivity contribution in [2.24, 2.45) is 0 Å². The van der Waals surface area contributed by atoms with Crippen LogP contribution >= 0.6 is 11.3 Å². The normalized spacial score (nSPS) is 17.1. The molecule has 2 aliphatic heterocycles. The van der Waals surface area contributed by atoms with Crippen molar-refractivity contribution in [3.8, 4) is 11.5 Å². The number of nitrogens with zero attached hydrogens (tertiary/aromatic N) is 3. The molecule has 5 rings (SSSR count). The van der Waals surface area contributed by atoms with Crippen LogP contribution in [-0.2, 0) is 0 Å². The predicted molar refractivity (Wildman–Crippen MR) is 110 cm³/mol. The number of halogens is 1. The van der Waals surface area contributed by atoms with E-state index in [1.807, 2.05) is 0 Å². The van der Waals surface area contributed by atoms with E-state index in [2.05, 4.69) is 15.5 Å². The number of hydrogen-bond donors (Lipinski definition) is 1. The van der Waals surface area contributed by atoms with Gasteiger partial charge in [0.25, 0.3) is 11.8 Å². The molecular formula is C21H17FN4O4S. The number of amides is 2. The Kier molecular flexibility index (Phi) is 4.99. The second-order valence-corrected chi connectivity index (χ2v) is 8.14. The lowest BCUT2D eigenvalue weighted by molar-refractivity contribution is 0.0734. The number of hydrogen-bond acceptors (Lipinski definition) is 7. The van der Waals surface area contributed by atoms with E-state index >= 15 is 0 Å². The largest absolute Gasteiger partial charge is 0.454 e. The summed E-state index contributed by atoms with van der Waals surface area (Å²) in [5, 5.41) is 11.8. The number of carbonyl (C=O) groups is 2. The van der Waals surface area contributed by atoms with E-state index in [9.17, 15) is 14.0 Å². The Balaban J connectivity index is 1.30. The molecule has 0 unspecified atom stereocenters. The molecule has 158 valence electrons. The second-order valence-electron chi connectivity index (χ2n) is 7.13. The number of anilines is 1. The molecule has 1 fully saturated rings. The van der Waals surface area contributed by atoms with E-state index < -0.39 is 11.7 Å². The molecule has 3 heterocycles. The number of likely N-dealkylation sites (tertiary alicyclic amines) is 1. The number of aromatic nitrogens is 2. The molecule has 1 aromatic heterocycles. The maximum atomic E-state index is 13.2. The Labute approximate surface area is 180 Å². The average molecular weight is 440 g/mol. The molecule has 1 atom stereocenters. The molecule has 8 nitrogen and oxygen atoms in total. The standard InChI is InChI=1S/C21H17FN4O4S/c22-13-5-3-12(4-6-13)21(28)26-9-1-2-15(26)19-24-25-20(31-19)18(27)23-14-7-8-16-17(10-14)30-11-29-16/h3-8,10,15H,1-2,9,11H2,(H,23,27)/t15-/m0/s1. The van der Waals surface area contributed by atoms with Crippen LogP contribution in [0.2, 0.25) is 0 Å². The third-order valence-corrected chi connectivity index (χ3v) is 6.18. The lowest BCUT2D eigenvalue weighted by Crippen LogP contribution is -2.30. The third-order valence-electron chi connectivity index (χ3n) is 5.16. The molecule has 3 aromatic rings. The number of ether oxygens (including phenoxy) is 2. The van der Waals surface area contributed by atoms with E-state index in [0.717, 1.165) is 24.2 Å². The van der Waals surface area contributed by atoms with Crippen LogP contribution in [0.3, 0.4) is 0 Å². The molecule has 2 aliphatic rings. The van der Waals surface area contributed by atoms with Gasteiger partial charge >= 0.3 is 0 Å². The minimum atomic E-state index is -0.392. The summed E-state index contributed by atoms with van der Waals surface area (Å²) in [7, 11) is 0. The first kappa shape index (κ1) is 19.4. The van der Waals surface area contributed by atoms with Gasteiger partial charge in [-0.3, -0.25) is 9.59 Å². The number of fused-ring (bicyclic) bond motifs is 1. The summed E-state index contributed by atoms with van der Waals surface area (Å²) in [5.41, 5.74) is 0.971. The number of rotatable bonds is 4.